The first kappa shape index (κ1) is 11.6. The summed E-state index contributed by atoms with van der Waals surface area (Å²) >= 11 is 0. The molecule has 0 unspecified atom stereocenters. The van der Waals surface area contributed by atoms with Crippen LogP contribution in [0.1, 0.15) is 19.4 Å². The monoisotopic (exact) mass is 206 g/mol. The summed E-state index contributed by atoms with van der Waals surface area (Å²) in [6, 6.07) is 5.84. The molecule has 0 saturated heterocycles. The van der Waals surface area contributed by atoms with E-state index in [0.29, 0.717) is 0 Å². The van der Waals surface area contributed by atoms with Crippen LogP contribution in [0.25, 0.3) is 0 Å². The van der Waals surface area contributed by atoms with E-state index in [4.69, 9.17) is 9.47 Å². The van der Waals surface area contributed by atoms with Gasteiger partial charge < -0.3 is 9.47 Å². The molecule has 82 valence electrons. The fourth-order valence-electron chi connectivity index (χ4n) is 1.44. The third-order valence-corrected chi connectivity index (χ3v) is 2.24. The van der Waals surface area contributed by atoms with Gasteiger partial charge in [-0.1, -0.05) is 17.7 Å². The Kier molecular flexibility index (Phi) is 4.22. The second-order valence-corrected chi connectivity index (χ2v) is 3.63. The number of ether oxygens (including phenoxy) is 2. The van der Waals surface area contributed by atoms with Crippen molar-refractivity contribution in [2.75, 3.05) is 14.2 Å². The minimum Gasteiger partial charge on any atom is -0.496 e. The molecule has 0 saturated carbocycles. The van der Waals surface area contributed by atoms with Gasteiger partial charge in [0.1, 0.15) is 11.5 Å². The molecule has 0 N–H and O–H groups in total. The fourth-order valence-corrected chi connectivity index (χ4v) is 1.44. The zero-order chi connectivity index (χ0) is 11.3. The maximum absolute atomic E-state index is 5.31. The Balaban J connectivity index is 3.05. The molecule has 15 heavy (non-hydrogen) atoms. The third-order valence-electron chi connectivity index (χ3n) is 2.24. The smallest absolute Gasteiger partial charge is 0.126 e. The van der Waals surface area contributed by atoms with Crippen LogP contribution in [0.3, 0.4) is 0 Å². The molecule has 2 nitrogen and oxygen atoms in total. The molecule has 0 heterocycles. The predicted octanol–water partition coefficient (Wildman–Crippen LogP) is 3.21. The highest BCUT2D eigenvalue weighted by Gasteiger charge is 2.07. The van der Waals surface area contributed by atoms with Gasteiger partial charge >= 0.3 is 0 Å². The van der Waals surface area contributed by atoms with Crippen LogP contribution in [0.15, 0.2) is 29.8 Å². The molecule has 0 spiro atoms. The van der Waals surface area contributed by atoms with Gasteiger partial charge in [-0.15, -0.1) is 0 Å². The van der Waals surface area contributed by atoms with Crippen LogP contribution < -0.4 is 9.47 Å². The average molecular weight is 206 g/mol. The molecule has 0 bridgehead atoms. The van der Waals surface area contributed by atoms with E-state index in [1.165, 1.54) is 5.57 Å². The summed E-state index contributed by atoms with van der Waals surface area (Å²) in [5.41, 5.74) is 2.40. The summed E-state index contributed by atoms with van der Waals surface area (Å²) in [4.78, 5) is 0. The number of benzene rings is 1. The molecule has 1 rings (SSSR count). The van der Waals surface area contributed by atoms with Crippen molar-refractivity contribution in [2.24, 2.45) is 0 Å². The summed E-state index contributed by atoms with van der Waals surface area (Å²) in [6.07, 6.45) is 3.01. The molecule has 0 aliphatic rings. The minimum atomic E-state index is 0.843. The predicted molar refractivity (Wildman–Crippen MR) is 62.7 cm³/mol. The lowest BCUT2D eigenvalue weighted by Crippen LogP contribution is -1.95. The first-order valence-corrected chi connectivity index (χ1v) is 5.02. The van der Waals surface area contributed by atoms with Crippen LogP contribution in [-0.4, -0.2) is 14.2 Å². The fraction of sp³-hybridized carbons (Fsp3) is 0.385. The van der Waals surface area contributed by atoms with Gasteiger partial charge in [-0.2, -0.15) is 0 Å². The largest absolute Gasteiger partial charge is 0.496 e. The summed E-state index contributed by atoms with van der Waals surface area (Å²) in [7, 11) is 3.36. The van der Waals surface area contributed by atoms with Crippen LogP contribution in [0, 0.1) is 0 Å². The highest BCUT2D eigenvalue weighted by molar-refractivity contribution is 5.46. The van der Waals surface area contributed by atoms with Gasteiger partial charge in [-0.05, 0) is 32.4 Å². The molecule has 1 aromatic carbocycles. The molecule has 0 atom stereocenters. The van der Waals surface area contributed by atoms with Crippen LogP contribution in [0.4, 0.5) is 0 Å². The van der Waals surface area contributed by atoms with Crippen LogP contribution in [-0.2, 0) is 6.42 Å². The third kappa shape index (κ3) is 3.01. The number of hydrogen-bond donors (Lipinski definition) is 0. The highest BCUT2D eigenvalue weighted by Crippen LogP contribution is 2.28. The van der Waals surface area contributed by atoms with Crippen molar-refractivity contribution in [2.45, 2.75) is 20.3 Å². The lowest BCUT2D eigenvalue weighted by molar-refractivity contribution is 0.387. The Bertz CT molecular complexity index is 327. The Hall–Kier alpha value is -1.44. The van der Waals surface area contributed by atoms with E-state index >= 15 is 0 Å². The van der Waals surface area contributed by atoms with Gasteiger partial charge in [0.05, 0.1) is 14.2 Å². The number of methoxy groups -OCH3 is 2. The topological polar surface area (TPSA) is 18.5 Å². The van der Waals surface area contributed by atoms with Gasteiger partial charge in [0.2, 0.25) is 0 Å². The average Bonchev–Trinajstić information content (AvgIpc) is 2.25. The Morgan fingerprint density at radius 3 is 2.07 bits per heavy atom. The molecule has 2 heteroatoms. The van der Waals surface area contributed by atoms with Crippen molar-refractivity contribution < 1.29 is 9.47 Å². The summed E-state index contributed by atoms with van der Waals surface area (Å²) < 4.78 is 10.6. The second-order valence-electron chi connectivity index (χ2n) is 3.63. The second kappa shape index (κ2) is 5.44. The van der Waals surface area contributed by atoms with Gasteiger partial charge in [0.25, 0.3) is 0 Å². The van der Waals surface area contributed by atoms with Gasteiger partial charge in [-0.25, -0.2) is 0 Å². The van der Waals surface area contributed by atoms with Gasteiger partial charge in [0, 0.05) is 5.56 Å². The molecule has 0 fully saturated rings. The summed E-state index contributed by atoms with van der Waals surface area (Å²) in [5, 5.41) is 0. The molecule has 0 aliphatic carbocycles. The lowest BCUT2D eigenvalue weighted by atomic mass is 10.1. The highest BCUT2D eigenvalue weighted by atomic mass is 16.5. The van der Waals surface area contributed by atoms with Crippen molar-refractivity contribution in [1.29, 1.82) is 0 Å². The minimum absolute atomic E-state index is 0.843. The van der Waals surface area contributed by atoms with Crippen molar-refractivity contribution in [1.82, 2.24) is 0 Å². The van der Waals surface area contributed by atoms with Crippen molar-refractivity contribution in [3.05, 3.63) is 35.4 Å². The van der Waals surface area contributed by atoms with E-state index in [0.717, 1.165) is 23.5 Å². The molecule has 0 aliphatic heterocycles. The Labute approximate surface area is 91.5 Å². The SMILES string of the molecule is COc1cccc(OC)c1CC=C(C)C. The molecule has 0 amide bonds. The van der Waals surface area contributed by atoms with Crippen molar-refractivity contribution in [3.8, 4) is 11.5 Å². The standard InChI is InChI=1S/C13H18O2/c1-10(2)8-9-11-12(14-3)6-5-7-13(11)15-4/h5-8H,9H2,1-4H3. The Morgan fingerprint density at radius 2 is 1.67 bits per heavy atom. The molecule has 0 aromatic heterocycles. The van der Waals surface area contributed by atoms with Gasteiger partial charge in [-0.3, -0.25) is 0 Å². The van der Waals surface area contributed by atoms with E-state index in [1.807, 2.05) is 18.2 Å². The Morgan fingerprint density at radius 1 is 1.13 bits per heavy atom. The normalized spacial score (nSPS) is 9.60. The van der Waals surface area contributed by atoms with E-state index in [-0.39, 0.29) is 0 Å². The van der Waals surface area contributed by atoms with E-state index < -0.39 is 0 Å². The number of hydrogen-bond acceptors (Lipinski definition) is 2. The molecule has 1 aromatic rings. The number of allylic oxidation sites excluding steroid dienone is 2. The van der Waals surface area contributed by atoms with E-state index in [1.54, 1.807) is 14.2 Å². The maximum atomic E-state index is 5.31. The maximum Gasteiger partial charge on any atom is 0.126 e. The van der Waals surface area contributed by atoms with Crippen LogP contribution in [0.2, 0.25) is 0 Å². The van der Waals surface area contributed by atoms with Crippen molar-refractivity contribution >= 4 is 0 Å². The van der Waals surface area contributed by atoms with Gasteiger partial charge in [0.15, 0.2) is 0 Å². The van der Waals surface area contributed by atoms with Crippen LogP contribution >= 0.6 is 0 Å². The first-order valence-electron chi connectivity index (χ1n) is 5.02. The van der Waals surface area contributed by atoms with E-state index in [2.05, 4.69) is 19.9 Å². The molecule has 0 radical (unpaired) electrons. The summed E-state index contributed by atoms with van der Waals surface area (Å²) in [6.45, 7) is 4.17. The van der Waals surface area contributed by atoms with E-state index in [9.17, 15) is 0 Å². The zero-order valence-electron chi connectivity index (χ0n) is 9.83. The first-order chi connectivity index (χ1) is 7.19. The molecular weight excluding hydrogens is 188 g/mol. The number of rotatable bonds is 4. The quantitative estimate of drug-likeness (QED) is 0.704. The lowest BCUT2D eigenvalue weighted by Gasteiger charge is -2.11. The van der Waals surface area contributed by atoms with Crippen molar-refractivity contribution in [3.63, 3.8) is 0 Å². The van der Waals surface area contributed by atoms with Crippen LogP contribution in [0.5, 0.6) is 11.5 Å². The zero-order valence-corrected chi connectivity index (χ0v) is 9.83. The summed E-state index contributed by atoms with van der Waals surface area (Å²) in [5.74, 6) is 1.76. The molecular formula is C13H18O2.